The van der Waals surface area contributed by atoms with Gasteiger partial charge in [0, 0.05) is 6.04 Å². The molecule has 0 radical (unpaired) electrons. The van der Waals surface area contributed by atoms with Crippen molar-refractivity contribution >= 4 is 5.91 Å². The number of piperidine rings is 1. The second-order valence-corrected chi connectivity index (χ2v) is 5.67. The van der Waals surface area contributed by atoms with Crippen molar-refractivity contribution in [3.8, 4) is 5.75 Å². The van der Waals surface area contributed by atoms with Gasteiger partial charge in [-0.2, -0.15) is 0 Å². The van der Waals surface area contributed by atoms with E-state index in [-0.39, 0.29) is 12.0 Å². The van der Waals surface area contributed by atoms with Crippen LogP contribution in [-0.4, -0.2) is 42.2 Å². The molecule has 0 bridgehead atoms. The smallest absolute Gasteiger partial charge is 0.246 e. The molecule has 2 rings (SSSR count). The molecule has 1 saturated heterocycles. The van der Waals surface area contributed by atoms with Gasteiger partial charge >= 0.3 is 0 Å². The Bertz CT molecular complexity index is 484. The molecule has 0 aliphatic carbocycles. The highest BCUT2D eigenvalue weighted by Crippen LogP contribution is 2.29. The SMILES string of the molecule is COc1cccc([C@@H](C)N2CCC([C@@H](O)C(N)=O)CC2)c1. The number of aliphatic hydroxyl groups excluding tert-OH is 1. The Morgan fingerprint density at radius 1 is 1.43 bits per heavy atom. The molecule has 3 N–H and O–H groups in total. The number of benzene rings is 1. The van der Waals surface area contributed by atoms with E-state index in [2.05, 4.69) is 24.0 Å². The lowest BCUT2D eigenvalue weighted by Crippen LogP contribution is -2.43. The zero-order chi connectivity index (χ0) is 15.4. The highest BCUT2D eigenvalue weighted by atomic mass is 16.5. The summed E-state index contributed by atoms with van der Waals surface area (Å²) in [6.45, 7) is 3.88. The molecule has 1 aromatic carbocycles. The molecule has 1 aliphatic heterocycles. The van der Waals surface area contributed by atoms with Crippen molar-refractivity contribution < 1.29 is 14.6 Å². The fourth-order valence-electron chi connectivity index (χ4n) is 2.97. The third-order valence-corrected chi connectivity index (χ3v) is 4.44. The van der Waals surface area contributed by atoms with E-state index in [0.29, 0.717) is 0 Å². The number of amides is 1. The average Bonchev–Trinajstić information content (AvgIpc) is 2.53. The van der Waals surface area contributed by atoms with Crippen LogP contribution in [0.1, 0.15) is 31.4 Å². The van der Waals surface area contributed by atoms with Crippen LogP contribution in [0.3, 0.4) is 0 Å². The molecule has 21 heavy (non-hydrogen) atoms. The first-order valence-electron chi connectivity index (χ1n) is 7.38. The summed E-state index contributed by atoms with van der Waals surface area (Å²) < 4.78 is 5.26. The van der Waals surface area contributed by atoms with Crippen molar-refractivity contribution in [1.82, 2.24) is 4.90 Å². The van der Waals surface area contributed by atoms with Gasteiger partial charge in [-0.15, -0.1) is 0 Å². The van der Waals surface area contributed by atoms with Gasteiger partial charge in [0.05, 0.1) is 7.11 Å². The second-order valence-electron chi connectivity index (χ2n) is 5.67. The van der Waals surface area contributed by atoms with E-state index in [1.54, 1.807) is 7.11 Å². The molecule has 116 valence electrons. The maximum absolute atomic E-state index is 11.1. The van der Waals surface area contributed by atoms with Crippen LogP contribution in [0.25, 0.3) is 0 Å². The fourth-order valence-corrected chi connectivity index (χ4v) is 2.97. The minimum atomic E-state index is -1.01. The standard InChI is InChI=1S/C16H24N2O3/c1-11(13-4-3-5-14(10-13)21-2)18-8-6-12(7-9-18)15(19)16(17)20/h3-5,10-12,15,19H,6-9H2,1-2H3,(H2,17,20)/t11-,15-/m1/s1. The van der Waals surface area contributed by atoms with E-state index in [1.807, 2.05) is 12.1 Å². The summed E-state index contributed by atoms with van der Waals surface area (Å²) in [6, 6.07) is 8.36. The molecule has 0 saturated carbocycles. The third kappa shape index (κ3) is 3.74. The molecule has 1 aromatic rings. The van der Waals surface area contributed by atoms with Crippen LogP contribution >= 0.6 is 0 Å². The predicted octanol–water partition coefficient (Wildman–Crippen LogP) is 1.31. The van der Waals surface area contributed by atoms with Crippen LogP contribution in [0, 0.1) is 5.92 Å². The number of nitrogens with two attached hydrogens (primary N) is 1. The topological polar surface area (TPSA) is 75.8 Å². The van der Waals surface area contributed by atoms with Crippen molar-refractivity contribution in [2.45, 2.75) is 31.9 Å². The Labute approximate surface area is 125 Å². The maximum atomic E-state index is 11.1. The van der Waals surface area contributed by atoms with E-state index in [9.17, 15) is 9.90 Å². The second kappa shape index (κ2) is 6.91. The highest BCUT2D eigenvalue weighted by Gasteiger charge is 2.30. The summed E-state index contributed by atoms with van der Waals surface area (Å²) >= 11 is 0. The minimum Gasteiger partial charge on any atom is -0.497 e. The van der Waals surface area contributed by atoms with E-state index in [4.69, 9.17) is 10.5 Å². The summed E-state index contributed by atoms with van der Waals surface area (Å²) in [5.41, 5.74) is 6.38. The molecule has 0 unspecified atom stereocenters. The Balaban J connectivity index is 1.96. The summed E-state index contributed by atoms with van der Waals surface area (Å²) in [7, 11) is 1.67. The van der Waals surface area contributed by atoms with Gasteiger partial charge in [-0.25, -0.2) is 0 Å². The average molecular weight is 292 g/mol. The molecular formula is C16H24N2O3. The summed E-state index contributed by atoms with van der Waals surface area (Å²) in [5, 5.41) is 9.75. The number of rotatable bonds is 5. The van der Waals surface area contributed by atoms with Crippen molar-refractivity contribution in [2.24, 2.45) is 11.7 Å². The molecule has 1 fully saturated rings. The monoisotopic (exact) mass is 292 g/mol. The number of nitrogens with zero attached hydrogens (tertiary/aromatic N) is 1. The third-order valence-electron chi connectivity index (χ3n) is 4.44. The Kier molecular flexibility index (Phi) is 5.20. The van der Waals surface area contributed by atoms with Gasteiger partial charge in [-0.05, 0) is 56.5 Å². The zero-order valence-electron chi connectivity index (χ0n) is 12.7. The van der Waals surface area contributed by atoms with Gasteiger partial charge in [0.25, 0.3) is 0 Å². The lowest BCUT2D eigenvalue weighted by Gasteiger charge is -2.37. The number of aliphatic hydroxyl groups is 1. The number of methoxy groups -OCH3 is 1. The van der Waals surface area contributed by atoms with E-state index in [1.165, 1.54) is 5.56 Å². The molecule has 0 aromatic heterocycles. The predicted molar refractivity (Wildman–Crippen MR) is 80.9 cm³/mol. The van der Waals surface area contributed by atoms with Crippen molar-refractivity contribution in [1.29, 1.82) is 0 Å². The number of likely N-dealkylation sites (tertiary alicyclic amines) is 1. The van der Waals surface area contributed by atoms with Crippen LogP contribution in [0.15, 0.2) is 24.3 Å². The quantitative estimate of drug-likeness (QED) is 0.858. The van der Waals surface area contributed by atoms with Crippen LogP contribution in [-0.2, 0) is 4.79 Å². The Morgan fingerprint density at radius 3 is 2.67 bits per heavy atom. The van der Waals surface area contributed by atoms with Crippen LogP contribution in [0.4, 0.5) is 0 Å². The summed E-state index contributed by atoms with van der Waals surface area (Å²) in [6.07, 6.45) is 0.566. The van der Waals surface area contributed by atoms with Gasteiger partial charge in [0.2, 0.25) is 5.91 Å². The minimum absolute atomic E-state index is 0.0174. The first kappa shape index (κ1) is 15.8. The van der Waals surface area contributed by atoms with Crippen LogP contribution in [0.5, 0.6) is 5.75 Å². The first-order chi connectivity index (χ1) is 10.0. The van der Waals surface area contributed by atoms with Gasteiger partial charge in [-0.3, -0.25) is 9.69 Å². The molecule has 0 spiro atoms. The largest absolute Gasteiger partial charge is 0.497 e. The number of hydrogen-bond donors (Lipinski definition) is 2. The van der Waals surface area contributed by atoms with Gasteiger partial charge in [-0.1, -0.05) is 12.1 Å². The normalized spacial score (nSPS) is 20.0. The van der Waals surface area contributed by atoms with Gasteiger partial charge in [0.1, 0.15) is 11.9 Å². The number of carbonyl (C=O) groups is 1. The van der Waals surface area contributed by atoms with Crippen molar-refractivity contribution in [3.63, 3.8) is 0 Å². The Hall–Kier alpha value is -1.59. The van der Waals surface area contributed by atoms with Crippen LogP contribution in [0.2, 0.25) is 0 Å². The molecule has 5 heteroatoms. The van der Waals surface area contributed by atoms with E-state index >= 15 is 0 Å². The maximum Gasteiger partial charge on any atom is 0.246 e. The van der Waals surface area contributed by atoms with Gasteiger partial charge in [0.15, 0.2) is 0 Å². The van der Waals surface area contributed by atoms with Crippen molar-refractivity contribution in [2.75, 3.05) is 20.2 Å². The molecule has 2 atom stereocenters. The highest BCUT2D eigenvalue weighted by molar-refractivity contribution is 5.78. The lowest BCUT2D eigenvalue weighted by molar-refractivity contribution is -0.129. The summed E-state index contributed by atoms with van der Waals surface area (Å²) in [4.78, 5) is 13.4. The Morgan fingerprint density at radius 2 is 2.10 bits per heavy atom. The number of carbonyl (C=O) groups excluding carboxylic acids is 1. The fraction of sp³-hybridized carbons (Fsp3) is 0.562. The zero-order valence-corrected chi connectivity index (χ0v) is 12.7. The molecule has 1 aliphatic rings. The molecule has 1 heterocycles. The van der Waals surface area contributed by atoms with Crippen molar-refractivity contribution in [3.05, 3.63) is 29.8 Å². The van der Waals surface area contributed by atoms with Crippen LogP contribution < -0.4 is 10.5 Å². The van der Waals surface area contributed by atoms with E-state index < -0.39 is 12.0 Å². The lowest BCUT2D eigenvalue weighted by atomic mass is 9.89. The number of primary amides is 1. The molecule has 1 amide bonds. The molecule has 5 nitrogen and oxygen atoms in total. The van der Waals surface area contributed by atoms with E-state index in [0.717, 1.165) is 31.7 Å². The number of ether oxygens (including phenoxy) is 1. The summed E-state index contributed by atoms with van der Waals surface area (Å²) in [5.74, 6) is 0.226. The van der Waals surface area contributed by atoms with Gasteiger partial charge < -0.3 is 15.6 Å². The first-order valence-corrected chi connectivity index (χ1v) is 7.38. The number of hydrogen-bond acceptors (Lipinski definition) is 4. The molecular weight excluding hydrogens is 268 g/mol.